The summed E-state index contributed by atoms with van der Waals surface area (Å²) in [5.74, 6) is 6.24. The van der Waals surface area contributed by atoms with Crippen molar-refractivity contribution in [1.29, 1.82) is 0 Å². The number of rotatable bonds is 5. The topological polar surface area (TPSA) is 89.4 Å². The highest BCUT2D eigenvalue weighted by Gasteiger charge is 2.28. The van der Waals surface area contributed by atoms with Gasteiger partial charge in [-0.1, -0.05) is 24.0 Å². The van der Waals surface area contributed by atoms with E-state index in [1.807, 2.05) is 10.9 Å². The Labute approximate surface area is 209 Å². The van der Waals surface area contributed by atoms with E-state index in [0.717, 1.165) is 49.9 Å². The third-order valence-corrected chi connectivity index (χ3v) is 6.89. The molecule has 0 unspecified atom stereocenters. The Morgan fingerprint density at radius 2 is 2.00 bits per heavy atom. The van der Waals surface area contributed by atoms with Gasteiger partial charge in [0.25, 0.3) is 0 Å². The summed E-state index contributed by atoms with van der Waals surface area (Å²) in [5, 5.41) is 15.1. The number of anilines is 1. The van der Waals surface area contributed by atoms with Crippen LogP contribution in [0.1, 0.15) is 58.4 Å². The van der Waals surface area contributed by atoms with Crippen molar-refractivity contribution in [3.05, 3.63) is 60.0 Å². The lowest BCUT2D eigenvalue weighted by molar-refractivity contribution is 0.110. The van der Waals surface area contributed by atoms with Crippen LogP contribution >= 0.6 is 0 Å². The third kappa shape index (κ3) is 5.67. The van der Waals surface area contributed by atoms with Gasteiger partial charge in [-0.05, 0) is 82.4 Å². The average molecular weight is 474 g/mol. The Morgan fingerprint density at radius 3 is 2.80 bits per heavy atom. The number of aliphatic hydroxyl groups is 1. The minimum atomic E-state index is -2.17. The molecule has 2 aliphatic rings. The molecule has 2 aromatic heterocycles. The van der Waals surface area contributed by atoms with Crippen LogP contribution in [0.3, 0.4) is 0 Å². The molecule has 3 heterocycles. The zero-order chi connectivity index (χ0) is 26.0. The van der Waals surface area contributed by atoms with Crippen molar-refractivity contribution >= 4 is 5.82 Å². The molecule has 182 valence electrons. The second-order valence-electron chi connectivity index (χ2n) is 9.62. The van der Waals surface area contributed by atoms with Crippen molar-refractivity contribution in [2.75, 3.05) is 25.9 Å². The molecule has 0 atom stereocenters. The minimum absolute atomic E-state index is 0.106. The molecule has 1 aliphatic carbocycles. The van der Waals surface area contributed by atoms with Crippen molar-refractivity contribution in [3.8, 4) is 28.7 Å². The summed E-state index contributed by atoms with van der Waals surface area (Å²) in [6.45, 7) is -0.0807. The van der Waals surface area contributed by atoms with Crippen molar-refractivity contribution in [2.24, 2.45) is 0 Å². The lowest BCUT2D eigenvalue weighted by Gasteiger charge is -2.28. The first-order chi connectivity index (χ1) is 17.7. The van der Waals surface area contributed by atoms with Crippen LogP contribution in [0.5, 0.6) is 5.75 Å². The Bertz CT molecular complexity index is 1320. The highest BCUT2D eigenvalue weighted by Crippen LogP contribution is 2.30. The van der Waals surface area contributed by atoms with E-state index in [1.165, 1.54) is 0 Å². The first-order valence-corrected chi connectivity index (χ1v) is 12.2. The predicted molar refractivity (Wildman–Crippen MR) is 137 cm³/mol. The number of nitrogen functional groups attached to an aromatic ring is 1. The molecule has 1 saturated heterocycles. The van der Waals surface area contributed by atoms with E-state index in [-0.39, 0.29) is 11.6 Å². The van der Waals surface area contributed by atoms with Gasteiger partial charge in [-0.2, -0.15) is 5.10 Å². The van der Waals surface area contributed by atoms with Gasteiger partial charge >= 0.3 is 0 Å². The summed E-state index contributed by atoms with van der Waals surface area (Å²) in [6, 6.07) is 8.88. The van der Waals surface area contributed by atoms with Gasteiger partial charge in [-0.25, -0.2) is 4.98 Å². The van der Waals surface area contributed by atoms with E-state index in [1.54, 1.807) is 42.7 Å². The van der Waals surface area contributed by atoms with Gasteiger partial charge in [0.15, 0.2) is 11.6 Å². The highest BCUT2D eigenvalue weighted by atomic mass is 16.5. The second kappa shape index (κ2) is 10.1. The van der Waals surface area contributed by atoms with Crippen LogP contribution in [-0.2, 0) is 6.56 Å². The maximum absolute atomic E-state index is 10.5. The van der Waals surface area contributed by atoms with Gasteiger partial charge < -0.3 is 20.5 Å². The zero-order valence-electron chi connectivity index (χ0n) is 22.1. The number of hydrogen-bond donors (Lipinski definition) is 2. The Hall–Kier alpha value is -3.34. The van der Waals surface area contributed by atoms with Gasteiger partial charge in [-0.15, -0.1) is 0 Å². The van der Waals surface area contributed by atoms with E-state index < -0.39 is 12.2 Å². The fraction of sp³-hybridized carbons (Fsp3) is 0.429. The highest BCUT2D eigenvalue weighted by molar-refractivity contribution is 5.65. The average Bonchev–Trinajstić information content (AvgIpc) is 3.55. The van der Waals surface area contributed by atoms with Crippen molar-refractivity contribution in [2.45, 2.75) is 56.7 Å². The summed E-state index contributed by atoms with van der Waals surface area (Å²) >= 11 is 0. The molecule has 3 aromatic rings. The molecule has 3 N–H and O–H groups in total. The van der Waals surface area contributed by atoms with Gasteiger partial charge in [0.1, 0.15) is 12.2 Å². The number of piperidine rings is 1. The molecule has 0 spiro atoms. The van der Waals surface area contributed by atoms with Crippen molar-refractivity contribution in [3.63, 3.8) is 0 Å². The minimum Gasteiger partial charge on any atom is -0.485 e. The van der Waals surface area contributed by atoms with E-state index in [2.05, 4.69) is 33.9 Å². The Balaban J connectivity index is 1.34. The molecule has 1 saturated carbocycles. The van der Waals surface area contributed by atoms with E-state index in [4.69, 9.17) is 13.2 Å². The summed E-state index contributed by atoms with van der Waals surface area (Å²) in [5.41, 5.74) is 7.67. The Morgan fingerprint density at radius 1 is 1.20 bits per heavy atom. The molecular formula is C28H33N5O2. The summed E-state index contributed by atoms with van der Waals surface area (Å²) < 4.78 is 25.0. The van der Waals surface area contributed by atoms with Crippen LogP contribution in [0.25, 0.3) is 11.1 Å². The second-order valence-corrected chi connectivity index (χ2v) is 9.62. The number of ether oxygens (including phenoxy) is 1. The molecule has 7 heteroatoms. The maximum atomic E-state index is 10.5. The third-order valence-electron chi connectivity index (χ3n) is 6.89. The zero-order valence-corrected chi connectivity index (χ0v) is 20.1. The molecule has 7 nitrogen and oxygen atoms in total. The van der Waals surface area contributed by atoms with Crippen LogP contribution in [0.15, 0.2) is 48.9 Å². The monoisotopic (exact) mass is 473 g/mol. The fourth-order valence-electron chi connectivity index (χ4n) is 4.69. The first-order valence-electron chi connectivity index (χ1n) is 13.2. The summed E-state index contributed by atoms with van der Waals surface area (Å²) in [4.78, 5) is 6.58. The van der Waals surface area contributed by atoms with Gasteiger partial charge in [-0.3, -0.25) is 4.68 Å². The van der Waals surface area contributed by atoms with Crippen molar-refractivity contribution < 1.29 is 12.6 Å². The molecule has 2 fully saturated rings. The number of pyridine rings is 1. The number of likely N-dealkylation sites (tertiary alicyclic amines) is 1. The number of benzene rings is 1. The van der Waals surface area contributed by atoms with Crippen LogP contribution in [0.4, 0.5) is 5.82 Å². The predicted octanol–water partition coefficient (Wildman–Crippen LogP) is 4.03. The molecule has 0 radical (unpaired) electrons. The summed E-state index contributed by atoms with van der Waals surface area (Å²) in [6.07, 6.45) is 10.8. The molecule has 5 rings (SSSR count). The fourth-order valence-corrected chi connectivity index (χ4v) is 4.69. The Kier molecular flexibility index (Phi) is 6.06. The standard InChI is InChI=1S/C28H33N5O2/c1-32-13-8-25(9-14-32)33-19-24(18-31-33)23-16-26(27(29)30-17-23)35-20-22-6-4-5-21(15-22)7-12-28(34)10-2-3-11-28/h4-6,15-19,25,34H,2-3,8-11,13-14,20H2,1H3,(H2,29,30)/i20D2. The largest absolute Gasteiger partial charge is 0.485 e. The number of nitrogens with zero attached hydrogens (tertiary/aromatic N) is 4. The molecule has 1 aliphatic heterocycles. The lowest BCUT2D eigenvalue weighted by atomic mass is 10.0. The van der Waals surface area contributed by atoms with Gasteiger partial charge in [0.2, 0.25) is 0 Å². The molecule has 0 bridgehead atoms. The van der Waals surface area contributed by atoms with Crippen LogP contribution < -0.4 is 10.5 Å². The van der Waals surface area contributed by atoms with Crippen molar-refractivity contribution in [1.82, 2.24) is 19.7 Å². The normalized spacial score (nSPS) is 19.5. The van der Waals surface area contributed by atoms with Crippen LogP contribution in [-0.4, -0.2) is 50.5 Å². The number of hydrogen-bond acceptors (Lipinski definition) is 6. The van der Waals surface area contributed by atoms with E-state index in [0.29, 0.717) is 30.0 Å². The SMILES string of the molecule is [2H]C([2H])(Oc1cc(-c2cnn(C3CCN(C)CC3)c2)cnc1N)c1cccc(C#CC2(O)CCCC2)c1. The van der Waals surface area contributed by atoms with Crippen LogP contribution in [0, 0.1) is 11.8 Å². The molecular weight excluding hydrogens is 438 g/mol. The molecule has 0 amide bonds. The maximum Gasteiger partial charge on any atom is 0.166 e. The smallest absolute Gasteiger partial charge is 0.166 e. The van der Waals surface area contributed by atoms with E-state index in [9.17, 15) is 5.11 Å². The first kappa shape index (κ1) is 21.0. The number of aromatic nitrogens is 3. The van der Waals surface area contributed by atoms with E-state index >= 15 is 0 Å². The lowest BCUT2D eigenvalue weighted by Crippen LogP contribution is -2.31. The van der Waals surface area contributed by atoms with Gasteiger partial charge in [0.05, 0.1) is 15.0 Å². The molecule has 35 heavy (non-hydrogen) atoms. The molecule has 1 aromatic carbocycles. The van der Waals surface area contributed by atoms with Crippen LogP contribution in [0.2, 0.25) is 0 Å². The number of nitrogens with two attached hydrogens (primary N) is 1. The quantitative estimate of drug-likeness (QED) is 0.544. The summed E-state index contributed by atoms with van der Waals surface area (Å²) in [7, 11) is 2.13. The van der Waals surface area contributed by atoms with Gasteiger partial charge in [0, 0.05) is 29.1 Å².